The molecule has 1 aliphatic heterocycles. The van der Waals surface area contributed by atoms with Gasteiger partial charge in [-0.05, 0) is 12.8 Å². The van der Waals surface area contributed by atoms with Crippen LogP contribution in [0.3, 0.4) is 0 Å². The standard InChI is InChI=1S/C12H19N5/c1-2-7-16-8-3-12(4-9-16)13-5-10-17-11-6-14-15-17/h1,6,11-13H,3-5,7-10H2. The van der Waals surface area contributed by atoms with Crippen LogP contribution in [0.1, 0.15) is 12.8 Å². The summed E-state index contributed by atoms with van der Waals surface area (Å²) in [6, 6.07) is 0.618. The molecular formula is C12H19N5. The highest BCUT2D eigenvalue weighted by Crippen LogP contribution is 2.09. The lowest BCUT2D eigenvalue weighted by atomic mass is 10.1. The maximum atomic E-state index is 5.31. The van der Waals surface area contributed by atoms with Crippen LogP contribution in [-0.4, -0.2) is 52.1 Å². The van der Waals surface area contributed by atoms with Gasteiger partial charge in [-0.2, -0.15) is 0 Å². The number of hydrogen-bond donors (Lipinski definition) is 1. The van der Waals surface area contributed by atoms with Crippen molar-refractivity contribution in [1.29, 1.82) is 0 Å². The summed E-state index contributed by atoms with van der Waals surface area (Å²) in [4.78, 5) is 2.33. The molecule has 0 radical (unpaired) electrons. The number of piperidine rings is 1. The first-order valence-electron chi connectivity index (χ1n) is 6.12. The maximum Gasteiger partial charge on any atom is 0.0692 e. The smallest absolute Gasteiger partial charge is 0.0692 e. The Morgan fingerprint density at radius 3 is 2.88 bits per heavy atom. The number of terminal acetylenes is 1. The highest BCUT2D eigenvalue weighted by Gasteiger charge is 2.17. The summed E-state index contributed by atoms with van der Waals surface area (Å²) in [7, 11) is 0. The van der Waals surface area contributed by atoms with Gasteiger partial charge < -0.3 is 5.32 Å². The van der Waals surface area contributed by atoms with Crippen LogP contribution in [0.15, 0.2) is 12.4 Å². The van der Waals surface area contributed by atoms with Crippen molar-refractivity contribution < 1.29 is 0 Å². The first-order chi connectivity index (χ1) is 8.38. The Hall–Kier alpha value is -1.38. The van der Waals surface area contributed by atoms with E-state index < -0.39 is 0 Å². The van der Waals surface area contributed by atoms with Crippen molar-refractivity contribution in [1.82, 2.24) is 25.2 Å². The van der Waals surface area contributed by atoms with E-state index in [-0.39, 0.29) is 0 Å². The Labute approximate surface area is 102 Å². The third kappa shape index (κ3) is 3.84. The Bertz CT molecular complexity index is 345. The second-order valence-corrected chi connectivity index (χ2v) is 4.37. The third-order valence-electron chi connectivity index (χ3n) is 3.15. The summed E-state index contributed by atoms with van der Waals surface area (Å²) in [6.45, 7) is 4.82. The first kappa shape index (κ1) is 12.1. The van der Waals surface area contributed by atoms with Gasteiger partial charge in [0, 0.05) is 31.9 Å². The molecule has 0 unspecified atom stereocenters. The molecule has 1 saturated heterocycles. The molecule has 1 aromatic rings. The first-order valence-corrected chi connectivity index (χ1v) is 6.12. The minimum Gasteiger partial charge on any atom is -0.312 e. The van der Waals surface area contributed by atoms with Crippen molar-refractivity contribution >= 4 is 0 Å². The summed E-state index contributed by atoms with van der Waals surface area (Å²) >= 11 is 0. The quantitative estimate of drug-likeness (QED) is 0.725. The SMILES string of the molecule is C#CCN1CCC(NCCn2ccnn2)CC1. The Balaban J connectivity index is 1.60. The van der Waals surface area contributed by atoms with Crippen LogP contribution in [0.2, 0.25) is 0 Å². The van der Waals surface area contributed by atoms with Crippen LogP contribution in [-0.2, 0) is 6.54 Å². The van der Waals surface area contributed by atoms with E-state index in [1.54, 1.807) is 6.20 Å². The lowest BCUT2D eigenvalue weighted by Gasteiger charge is -2.31. The van der Waals surface area contributed by atoms with Crippen LogP contribution in [0.4, 0.5) is 0 Å². The topological polar surface area (TPSA) is 46.0 Å². The Morgan fingerprint density at radius 2 is 2.24 bits per heavy atom. The monoisotopic (exact) mass is 233 g/mol. The molecule has 1 aliphatic rings. The van der Waals surface area contributed by atoms with Crippen molar-refractivity contribution in [2.75, 3.05) is 26.2 Å². The average molecular weight is 233 g/mol. The molecule has 0 saturated carbocycles. The summed E-state index contributed by atoms with van der Waals surface area (Å²) in [5.74, 6) is 2.70. The van der Waals surface area contributed by atoms with Gasteiger partial charge in [0.15, 0.2) is 0 Å². The highest BCUT2D eigenvalue weighted by molar-refractivity contribution is 4.90. The molecule has 1 aromatic heterocycles. The fraction of sp³-hybridized carbons (Fsp3) is 0.667. The molecule has 5 nitrogen and oxygen atoms in total. The van der Waals surface area contributed by atoms with Crippen LogP contribution >= 0.6 is 0 Å². The minimum absolute atomic E-state index is 0.618. The van der Waals surface area contributed by atoms with Crippen LogP contribution in [0.25, 0.3) is 0 Å². The van der Waals surface area contributed by atoms with Crippen LogP contribution in [0.5, 0.6) is 0 Å². The van der Waals surface area contributed by atoms with E-state index >= 15 is 0 Å². The van der Waals surface area contributed by atoms with Crippen LogP contribution in [0, 0.1) is 12.3 Å². The molecule has 0 amide bonds. The van der Waals surface area contributed by atoms with Crippen molar-refractivity contribution in [2.45, 2.75) is 25.4 Å². The predicted octanol–water partition coefficient (Wildman–Crippen LogP) is -0.0347. The normalized spacial score (nSPS) is 18.1. The van der Waals surface area contributed by atoms with E-state index in [0.29, 0.717) is 6.04 Å². The van der Waals surface area contributed by atoms with Gasteiger partial charge in [-0.25, -0.2) is 0 Å². The predicted molar refractivity (Wildman–Crippen MR) is 66.3 cm³/mol. The second kappa shape index (κ2) is 6.38. The average Bonchev–Trinajstić information content (AvgIpc) is 2.85. The lowest BCUT2D eigenvalue weighted by molar-refractivity contribution is 0.217. The van der Waals surface area contributed by atoms with Gasteiger partial charge in [0.1, 0.15) is 0 Å². The highest BCUT2D eigenvalue weighted by atomic mass is 15.4. The molecule has 1 N–H and O–H groups in total. The fourth-order valence-corrected chi connectivity index (χ4v) is 2.16. The molecule has 2 rings (SSSR count). The molecule has 5 heteroatoms. The zero-order chi connectivity index (χ0) is 11.9. The van der Waals surface area contributed by atoms with E-state index in [1.807, 2.05) is 10.9 Å². The van der Waals surface area contributed by atoms with Crippen LogP contribution < -0.4 is 5.32 Å². The van der Waals surface area contributed by atoms with Gasteiger partial charge in [-0.1, -0.05) is 11.1 Å². The molecule has 1 fully saturated rings. The number of nitrogens with one attached hydrogen (secondary N) is 1. The number of likely N-dealkylation sites (tertiary alicyclic amines) is 1. The second-order valence-electron chi connectivity index (χ2n) is 4.37. The largest absolute Gasteiger partial charge is 0.312 e. The van der Waals surface area contributed by atoms with Gasteiger partial charge in [-0.3, -0.25) is 9.58 Å². The van der Waals surface area contributed by atoms with E-state index in [0.717, 1.165) is 32.7 Å². The van der Waals surface area contributed by atoms with E-state index in [9.17, 15) is 0 Å². The van der Waals surface area contributed by atoms with Gasteiger partial charge in [0.25, 0.3) is 0 Å². The van der Waals surface area contributed by atoms with E-state index in [4.69, 9.17) is 6.42 Å². The molecule has 0 spiro atoms. The molecule has 0 atom stereocenters. The summed E-state index contributed by atoms with van der Waals surface area (Å²) in [6.07, 6.45) is 11.3. The molecule has 2 heterocycles. The van der Waals surface area contributed by atoms with Crippen molar-refractivity contribution in [3.8, 4) is 12.3 Å². The van der Waals surface area contributed by atoms with Crippen molar-refractivity contribution in [3.05, 3.63) is 12.4 Å². The maximum absolute atomic E-state index is 5.31. The zero-order valence-electron chi connectivity index (χ0n) is 10.0. The van der Waals surface area contributed by atoms with Gasteiger partial charge in [0.2, 0.25) is 0 Å². The van der Waals surface area contributed by atoms with E-state index in [1.165, 1.54) is 12.8 Å². The van der Waals surface area contributed by atoms with Crippen molar-refractivity contribution in [2.24, 2.45) is 0 Å². The Morgan fingerprint density at radius 1 is 1.41 bits per heavy atom. The number of rotatable bonds is 5. The lowest BCUT2D eigenvalue weighted by Crippen LogP contribution is -2.43. The zero-order valence-corrected chi connectivity index (χ0v) is 10.0. The van der Waals surface area contributed by atoms with E-state index in [2.05, 4.69) is 26.4 Å². The molecule has 0 aliphatic carbocycles. The Kier molecular flexibility index (Phi) is 4.54. The summed E-state index contributed by atoms with van der Waals surface area (Å²) < 4.78 is 1.85. The third-order valence-corrected chi connectivity index (χ3v) is 3.15. The molecule has 0 aromatic carbocycles. The number of nitrogens with zero attached hydrogens (tertiary/aromatic N) is 4. The molecule has 92 valence electrons. The number of aromatic nitrogens is 3. The summed E-state index contributed by atoms with van der Waals surface area (Å²) in [5.41, 5.74) is 0. The molecule has 0 bridgehead atoms. The fourth-order valence-electron chi connectivity index (χ4n) is 2.16. The van der Waals surface area contributed by atoms with Crippen molar-refractivity contribution in [3.63, 3.8) is 0 Å². The molecule has 17 heavy (non-hydrogen) atoms. The molecular weight excluding hydrogens is 214 g/mol. The summed E-state index contributed by atoms with van der Waals surface area (Å²) in [5, 5.41) is 11.3. The minimum atomic E-state index is 0.618. The number of hydrogen-bond acceptors (Lipinski definition) is 4. The van der Waals surface area contributed by atoms with Gasteiger partial charge >= 0.3 is 0 Å². The van der Waals surface area contributed by atoms with Gasteiger partial charge in [0.05, 0.1) is 19.3 Å². The van der Waals surface area contributed by atoms with Gasteiger partial charge in [-0.15, -0.1) is 11.5 Å².